The smallest absolute Gasteiger partial charge is 0.253 e. The number of aryl methyl sites for hydroxylation is 1. The SMILES string of the molecule is CCNc1cnccc1C(=O)NCc1ncccc1C. The van der Waals surface area contributed by atoms with Crippen LogP contribution in [0, 0.1) is 6.92 Å². The minimum atomic E-state index is -0.131. The molecule has 0 fully saturated rings. The lowest BCUT2D eigenvalue weighted by Crippen LogP contribution is -2.25. The van der Waals surface area contributed by atoms with Crippen molar-refractivity contribution in [2.45, 2.75) is 20.4 Å². The van der Waals surface area contributed by atoms with Crippen molar-refractivity contribution in [3.63, 3.8) is 0 Å². The lowest BCUT2D eigenvalue weighted by molar-refractivity contribution is 0.0951. The molecule has 104 valence electrons. The molecule has 0 unspecified atom stereocenters. The second kappa shape index (κ2) is 6.65. The maximum Gasteiger partial charge on any atom is 0.253 e. The standard InChI is InChI=1S/C15H18N4O/c1-3-17-14-9-16-8-6-12(14)15(20)19-10-13-11(2)5-4-7-18-13/h4-9,17H,3,10H2,1-2H3,(H,19,20). The monoisotopic (exact) mass is 270 g/mol. The number of pyridine rings is 2. The number of aromatic nitrogens is 2. The zero-order valence-electron chi connectivity index (χ0n) is 11.7. The Hall–Kier alpha value is -2.43. The highest BCUT2D eigenvalue weighted by molar-refractivity contribution is 5.99. The maximum absolute atomic E-state index is 12.2. The van der Waals surface area contributed by atoms with Crippen LogP contribution in [-0.4, -0.2) is 22.4 Å². The quantitative estimate of drug-likeness (QED) is 0.873. The van der Waals surface area contributed by atoms with Crippen LogP contribution in [0.4, 0.5) is 5.69 Å². The van der Waals surface area contributed by atoms with Crippen LogP contribution in [0.15, 0.2) is 36.8 Å². The Bertz CT molecular complexity index is 598. The van der Waals surface area contributed by atoms with Crippen molar-refractivity contribution >= 4 is 11.6 Å². The summed E-state index contributed by atoms with van der Waals surface area (Å²) in [5.41, 5.74) is 3.27. The molecule has 0 aliphatic carbocycles. The normalized spacial score (nSPS) is 10.1. The lowest BCUT2D eigenvalue weighted by atomic mass is 10.2. The first-order valence-corrected chi connectivity index (χ1v) is 6.59. The van der Waals surface area contributed by atoms with E-state index in [1.807, 2.05) is 26.0 Å². The highest BCUT2D eigenvalue weighted by atomic mass is 16.1. The van der Waals surface area contributed by atoms with Gasteiger partial charge in [0.15, 0.2) is 0 Å². The van der Waals surface area contributed by atoms with Gasteiger partial charge in [0.2, 0.25) is 0 Å². The number of hydrogen-bond donors (Lipinski definition) is 2. The first-order chi connectivity index (χ1) is 9.72. The summed E-state index contributed by atoms with van der Waals surface area (Å²) in [5.74, 6) is -0.131. The van der Waals surface area contributed by atoms with E-state index in [1.165, 1.54) is 0 Å². The lowest BCUT2D eigenvalue weighted by Gasteiger charge is -2.11. The fraction of sp³-hybridized carbons (Fsp3) is 0.267. The Labute approximate surface area is 118 Å². The van der Waals surface area contributed by atoms with Gasteiger partial charge in [0, 0.05) is 18.9 Å². The minimum Gasteiger partial charge on any atom is -0.383 e. The summed E-state index contributed by atoms with van der Waals surface area (Å²) in [7, 11) is 0. The predicted molar refractivity (Wildman–Crippen MR) is 78.5 cm³/mol. The number of rotatable bonds is 5. The van der Waals surface area contributed by atoms with Crippen LogP contribution >= 0.6 is 0 Å². The molecule has 0 atom stereocenters. The molecule has 0 bridgehead atoms. The fourth-order valence-electron chi connectivity index (χ4n) is 1.89. The Balaban J connectivity index is 2.07. The van der Waals surface area contributed by atoms with Crippen LogP contribution in [-0.2, 0) is 6.54 Å². The van der Waals surface area contributed by atoms with Crippen LogP contribution < -0.4 is 10.6 Å². The van der Waals surface area contributed by atoms with Crippen LogP contribution in [0.3, 0.4) is 0 Å². The zero-order chi connectivity index (χ0) is 14.4. The molecule has 20 heavy (non-hydrogen) atoms. The fourth-order valence-corrected chi connectivity index (χ4v) is 1.89. The number of nitrogens with zero attached hydrogens (tertiary/aromatic N) is 2. The van der Waals surface area contributed by atoms with Gasteiger partial charge in [0.05, 0.1) is 29.7 Å². The summed E-state index contributed by atoms with van der Waals surface area (Å²) in [5, 5.41) is 6.01. The largest absolute Gasteiger partial charge is 0.383 e. The molecule has 5 heteroatoms. The van der Waals surface area contributed by atoms with Crippen LogP contribution in [0.5, 0.6) is 0 Å². The van der Waals surface area contributed by atoms with Crippen molar-refractivity contribution in [2.24, 2.45) is 0 Å². The van der Waals surface area contributed by atoms with Gasteiger partial charge in [-0.25, -0.2) is 0 Å². The van der Waals surface area contributed by atoms with Gasteiger partial charge in [-0.3, -0.25) is 14.8 Å². The van der Waals surface area contributed by atoms with Gasteiger partial charge >= 0.3 is 0 Å². The van der Waals surface area contributed by atoms with Crippen LogP contribution in [0.1, 0.15) is 28.5 Å². The summed E-state index contributed by atoms with van der Waals surface area (Å²) < 4.78 is 0. The molecule has 2 aromatic rings. The molecule has 2 heterocycles. The molecule has 1 amide bonds. The number of amides is 1. The van der Waals surface area contributed by atoms with Crippen LogP contribution in [0.2, 0.25) is 0 Å². The predicted octanol–water partition coefficient (Wildman–Crippen LogP) is 2.15. The summed E-state index contributed by atoms with van der Waals surface area (Å²) >= 11 is 0. The first-order valence-electron chi connectivity index (χ1n) is 6.59. The molecule has 2 rings (SSSR count). The third-order valence-corrected chi connectivity index (χ3v) is 2.97. The average molecular weight is 270 g/mol. The van der Waals surface area contributed by atoms with E-state index >= 15 is 0 Å². The molecule has 0 saturated heterocycles. The average Bonchev–Trinajstić information content (AvgIpc) is 2.47. The maximum atomic E-state index is 12.2. The van der Waals surface area contributed by atoms with Crippen molar-refractivity contribution in [3.05, 3.63) is 53.6 Å². The topological polar surface area (TPSA) is 66.9 Å². The molecule has 0 aromatic carbocycles. The second-order valence-electron chi connectivity index (χ2n) is 4.40. The van der Waals surface area contributed by atoms with Crippen molar-refractivity contribution in [3.8, 4) is 0 Å². The van der Waals surface area contributed by atoms with Gasteiger partial charge in [0.25, 0.3) is 5.91 Å². The zero-order valence-corrected chi connectivity index (χ0v) is 11.7. The molecular formula is C15H18N4O. The van der Waals surface area contributed by atoms with Gasteiger partial charge in [-0.15, -0.1) is 0 Å². The highest BCUT2D eigenvalue weighted by Gasteiger charge is 2.11. The van der Waals surface area contributed by atoms with E-state index in [4.69, 9.17) is 0 Å². The number of hydrogen-bond acceptors (Lipinski definition) is 4. The Morgan fingerprint density at radius 1 is 1.30 bits per heavy atom. The molecule has 0 aliphatic rings. The number of carbonyl (C=O) groups excluding carboxylic acids is 1. The number of anilines is 1. The van der Waals surface area contributed by atoms with E-state index in [2.05, 4.69) is 20.6 Å². The summed E-state index contributed by atoms with van der Waals surface area (Å²) in [6, 6.07) is 5.57. The van der Waals surface area contributed by atoms with E-state index in [0.29, 0.717) is 12.1 Å². The Kier molecular flexibility index (Phi) is 4.65. The summed E-state index contributed by atoms with van der Waals surface area (Å²) in [6.07, 6.45) is 5.00. The van der Waals surface area contributed by atoms with E-state index in [9.17, 15) is 4.79 Å². The van der Waals surface area contributed by atoms with E-state index in [-0.39, 0.29) is 5.91 Å². The molecular weight excluding hydrogens is 252 g/mol. The van der Waals surface area contributed by atoms with Gasteiger partial charge in [0.1, 0.15) is 0 Å². The molecule has 2 aromatic heterocycles. The van der Waals surface area contributed by atoms with Gasteiger partial charge in [-0.05, 0) is 31.5 Å². The molecule has 2 N–H and O–H groups in total. The van der Waals surface area contributed by atoms with E-state index in [0.717, 1.165) is 23.5 Å². The number of nitrogens with one attached hydrogen (secondary N) is 2. The van der Waals surface area contributed by atoms with Gasteiger partial charge in [-0.2, -0.15) is 0 Å². The highest BCUT2D eigenvalue weighted by Crippen LogP contribution is 2.13. The van der Waals surface area contributed by atoms with Crippen molar-refractivity contribution in [2.75, 3.05) is 11.9 Å². The molecule has 0 saturated carbocycles. The third-order valence-electron chi connectivity index (χ3n) is 2.97. The van der Waals surface area contributed by atoms with Crippen LogP contribution in [0.25, 0.3) is 0 Å². The molecule has 0 aliphatic heterocycles. The summed E-state index contributed by atoms with van der Waals surface area (Å²) in [4.78, 5) is 20.5. The summed E-state index contributed by atoms with van der Waals surface area (Å²) in [6.45, 7) is 5.11. The first kappa shape index (κ1) is 14.0. The van der Waals surface area contributed by atoms with E-state index in [1.54, 1.807) is 24.7 Å². The molecule has 0 spiro atoms. The van der Waals surface area contributed by atoms with Crippen molar-refractivity contribution in [1.29, 1.82) is 0 Å². The van der Waals surface area contributed by atoms with Crippen molar-refractivity contribution < 1.29 is 4.79 Å². The minimum absolute atomic E-state index is 0.131. The Morgan fingerprint density at radius 2 is 2.15 bits per heavy atom. The molecule has 0 radical (unpaired) electrons. The van der Waals surface area contributed by atoms with Gasteiger partial charge < -0.3 is 10.6 Å². The number of carbonyl (C=O) groups is 1. The molecule has 5 nitrogen and oxygen atoms in total. The van der Waals surface area contributed by atoms with E-state index < -0.39 is 0 Å². The van der Waals surface area contributed by atoms with Gasteiger partial charge in [-0.1, -0.05) is 6.07 Å². The second-order valence-corrected chi connectivity index (χ2v) is 4.40. The van der Waals surface area contributed by atoms with Crippen molar-refractivity contribution in [1.82, 2.24) is 15.3 Å². The third kappa shape index (κ3) is 3.32. The Morgan fingerprint density at radius 3 is 2.90 bits per heavy atom.